The van der Waals surface area contributed by atoms with Crippen LogP contribution in [0.4, 0.5) is 0 Å². The monoisotopic (exact) mass is 186 g/mol. The molecule has 0 saturated carbocycles. The maximum absolute atomic E-state index is 11.5. The molecule has 0 aliphatic carbocycles. The normalized spacial score (nSPS) is 27.4. The quantitative estimate of drug-likeness (QED) is 0.535. The summed E-state index contributed by atoms with van der Waals surface area (Å²) >= 11 is 0. The molecule has 1 aliphatic rings. The predicted molar refractivity (Wildman–Crippen MR) is 45.9 cm³/mol. The molecule has 5 nitrogen and oxygen atoms in total. The van der Waals surface area contributed by atoms with E-state index >= 15 is 0 Å². The highest BCUT2D eigenvalue weighted by molar-refractivity contribution is 5.99. The largest absolute Gasteiger partial charge is 0.394 e. The van der Waals surface area contributed by atoms with Crippen LogP contribution in [0, 0.1) is 0 Å². The minimum absolute atomic E-state index is 0.242. The Balaban J connectivity index is 2.92. The molecule has 2 amide bonds. The van der Waals surface area contributed by atoms with Gasteiger partial charge < -0.3 is 15.3 Å². The zero-order valence-corrected chi connectivity index (χ0v) is 8.00. The van der Waals surface area contributed by atoms with Gasteiger partial charge in [-0.15, -0.1) is 0 Å². The Morgan fingerprint density at radius 1 is 1.54 bits per heavy atom. The van der Waals surface area contributed by atoms with E-state index in [0.717, 1.165) is 0 Å². The molecule has 0 spiro atoms. The van der Waals surface area contributed by atoms with Crippen LogP contribution in [0.5, 0.6) is 0 Å². The Labute approximate surface area is 76.7 Å². The lowest BCUT2D eigenvalue weighted by Gasteiger charge is -2.41. The van der Waals surface area contributed by atoms with Gasteiger partial charge in [0, 0.05) is 7.05 Å². The minimum Gasteiger partial charge on any atom is -0.394 e. The van der Waals surface area contributed by atoms with Crippen LogP contribution in [-0.4, -0.2) is 47.1 Å². The van der Waals surface area contributed by atoms with E-state index in [1.165, 1.54) is 4.90 Å². The molecule has 1 fully saturated rings. The molecule has 1 heterocycles. The number of carbonyl (C=O) groups is 2. The second-order valence-electron chi connectivity index (χ2n) is 3.66. The van der Waals surface area contributed by atoms with Gasteiger partial charge in [-0.05, 0) is 13.8 Å². The van der Waals surface area contributed by atoms with Crippen molar-refractivity contribution in [2.75, 3.05) is 13.7 Å². The molecule has 74 valence electrons. The van der Waals surface area contributed by atoms with Crippen LogP contribution in [0.3, 0.4) is 0 Å². The molecule has 13 heavy (non-hydrogen) atoms. The van der Waals surface area contributed by atoms with Gasteiger partial charge in [-0.1, -0.05) is 0 Å². The third kappa shape index (κ3) is 1.39. The Bertz CT molecular complexity index is 250. The summed E-state index contributed by atoms with van der Waals surface area (Å²) in [5, 5.41) is 11.3. The van der Waals surface area contributed by atoms with Gasteiger partial charge >= 0.3 is 0 Å². The molecule has 0 aromatic heterocycles. The molecule has 0 aromatic rings. The van der Waals surface area contributed by atoms with Crippen LogP contribution >= 0.6 is 0 Å². The van der Waals surface area contributed by atoms with Crippen molar-refractivity contribution >= 4 is 11.8 Å². The summed E-state index contributed by atoms with van der Waals surface area (Å²) in [6.07, 6.45) is 0. The lowest BCUT2D eigenvalue weighted by atomic mass is 9.97. The van der Waals surface area contributed by atoms with Crippen LogP contribution in [-0.2, 0) is 9.59 Å². The van der Waals surface area contributed by atoms with Gasteiger partial charge in [0.25, 0.3) is 0 Å². The van der Waals surface area contributed by atoms with Crippen LogP contribution in [0.1, 0.15) is 13.8 Å². The van der Waals surface area contributed by atoms with Crippen molar-refractivity contribution in [3.8, 4) is 0 Å². The van der Waals surface area contributed by atoms with Crippen molar-refractivity contribution < 1.29 is 14.7 Å². The number of hydrogen-bond acceptors (Lipinski definition) is 3. The lowest BCUT2D eigenvalue weighted by Crippen LogP contribution is -2.67. The van der Waals surface area contributed by atoms with E-state index in [2.05, 4.69) is 5.32 Å². The van der Waals surface area contributed by atoms with E-state index in [-0.39, 0.29) is 18.4 Å². The number of nitrogens with zero attached hydrogens (tertiary/aromatic N) is 1. The summed E-state index contributed by atoms with van der Waals surface area (Å²) in [6, 6.07) is -0.787. The highest BCUT2D eigenvalue weighted by atomic mass is 16.3. The van der Waals surface area contributed by atoms with Gasteiger partial charge in [-0.3, -0.25) is 9.59 Å². The number of rotatable bonds is 1. The molecule has 5 heteroatoms. The smallest absolute Gasteiger partial charge is 0.248 e. The number of amides is 2. The lowest BCUT2D eigenvalue weighted by molar-refractivity contribution is -0.154. The summed E-state index contributed by atoms with van der Waals surface area (Å²) in [6.45, 7) is 2.96. The maximum atomic E-state index is 11.5. The molecule has 1 saturated heterocycles. The Morgan fingerprint density at radius 3 is 2.54 bits per heavy atom. The molecule has 1 atom stereocenters. The fourth-order valence-corrected chi connectivity index (χ4v) is 1.18. The van der Waals surface area contributed by atoms with Gasteiger partial charge in [0.1, 0.15) is 11.6 Å². The van der Waals surface area contributed by atoms with E-state index in [1.807, 2.05) is 0 Å². The molecule has 0 bridgehead atoms. The first-order valence-electron chi connectivity index (χ1n) is 4.10. The van der Waals surface area contributed by atoms with Gasteiger partial charge in [0.2, 0.25) is 11.8 Å². The maximum Gasteiger partial charge on any atom is 0.248 e. The molecular weight excluding hydrogens is 172 g/mol. The van der Waals surface area contributed by atoms with Crippen molar-refractivity contribution in [3.63, 3.8) is 0 Å². The fourth-order valence-electron chi connectivity index (χ4n) is 1.18. The summed E-state index contributed by atoms with van der Waals surface area (Å²) < 4.78 is 0. The second kappa shape index (κ2) is 2.99. The third-order valence-corrected chi connectivity index (χ3v) is 2.51. The SMILES string of the molecule is CN1C(=O)[C@@H](CO)NC(=O)C1(C)C. The number of aliphatic hydroxyl groups is 1. The Morgan fingerprint density at radius 2 is 2.08 bits per heavy atom. The Hall–Kier alpha value is -1.10. The second-order valence-corrected chi connectivity index (χ2v) is 3.66. The molecule has 2 N–H and O–H groups in total. The number of likely N-dealkylation sites (N-methyl/N-ethyl adjacent to an activating group) is 1. The van der Waals surface area contributed by atoms with Crippen LogP contribution in [0.25, 0.3) is 0 Å². The summed E-state index contributed by atoms with van der Waals surface area (Å²) in [4.78, 5) is 24.2. The number of nitrogens with one attached hydrogen (secondary N) is 1. The average molecular weight is 186 g/mol. The summed E-state index contributed by atoms with van der Waals surface area (Å²) in [7, 11) is 1.56. The fraction of sp³-hybridized carbons (Fsp3) is 0.750. The van der Waals surface area contributed by atoms with Crippen LogP contribution in [0.15, 0.2) is 0 Å². The molecule has 0 aromatic carbocycles. The van der Waals surface area contributed by atoms with E-state index < -0.39 is 11.6 Å². The van der Waals surface area contributed by atoms with Gasteiger partial charge in [0.05, 0.1) is 6.61 Å². The number of piperazine rings is 1. The van der Waals surface area contributed by atoms with Crippen LogP contribution in [0.2, 0.25) is 0 Å². The topological polar surface area (TPSA) is 69.6 Å². The molecule has 1 rings (SSSR count). The molecule has 0 unspecified atom stereocenters. The van der Waals surface area contributed by atoms with Crippen molar-refractivity contribution in [3.05, 3.63) is 0 Å². The first-order valence-corrected chi connectivity index (χ1v) is 4.10. The highest BCUT2D eigenvalue weighted by Crippen LogP contribution is 2.18. The van der Waals surface area contributed by atoms with Gasteiger partial charge in [0.15, 0.2) is 0 Å². The summed E-state index contributed by atoms with van der Waals surface area (Å²) in [5.41, 5.74) is -0.831. The number of carbonyl (C=O) groups excluding carboxylic acids is 2. The van der Waals surface area contributed by atoms with E-state index in [0.29, 0.717) is 0 Å². The van der Waals surface area contributed by atoms with E-state index in [9.17, 15) is 9.59 Å². The summed E-state index contributed by atoms with van der Waals surface area (Å²) in [5.74, 6) is -0.499. The minimum atomic E-state index is -0.831. The number of hydrogen-bond donors (Lipinski definition) is 2. The predicted octanol–water partition coefficient (Wildman–Crippen LogP) is -1.29. The molecular formula is C8H14N2O3. The van der Waals surface area contributed by atoms with Gasteiger partial charge in [-0.25, -0.2) is 0 Å². The van der Waals surface area contributed by atoms with Crippen molar-refractivity contribution in [2.24, 2.45) is 0 Å². The van der Waals surface area contributed by atoms with Crippen molar-refractivity contribution in [1.82, 2.24) is 10.2 Å². The van der Waals surface area contributed by atoms with E-state index in [1.54, 1.807) is 20.9 Å². The number of aliphatic hydroxyl groups excluding tert-OH is 1. The average Bonchev–Trinajstić information content (AvgIpc) is 2.09. The first kappa shape index (κ1) is 9.98. The van der Waals surface area contributed by atoms with Crippen LogP contribution < -0.4 is 5.32 Å². The van der Waals surface area contributed by atoms with Gasteiger partial charge in [-0.2, -0.15) is 0 Å². The standard InChI is InChI=1S/C8H14N2O3/c1-8(2)7(13)9-5(4-11)6(12)10(8)3/h5,11H,4H2,1-3H3,(H,9,13)/t5-/m1/s1. The van der Waals surface area contributed by atoms with E-state index in [4.69, 9.17) is 5.11 Å². The highest BCUT2D eigenvalue weighted by Gasteiger charge is 2.43. The first-order chi connectivity index (χ1) is 5.91. The zero-order valence-electron chi connectivity index (χ0n) is 8.00. The third-order valence-electron chi connectivity index (χ3n) is 2.51. The molecule has 1 aliphatic heterocycles. The Kier molecular flexibility index (Phi) is 2.30. The van der Waals surface area contributed by atoms with Crippen molar-refractivity contribution in [1.29, 1.82) is 0 Å². The molecule has 0 radical (unpaired) electrons. The van der Waals surface area contributed by atoms with Crippen molar-refractivity contribution in [2.45, 2.75) is 25.4 Å². The zero-order chi connectivity index (χ0) is 10.2.